The first kappa shape index (κ1) is 30.3. The number of carbonyl (C=O) groups excluding carboxylic acids is 1. The molecule has 2 aliphatic heterocycles. The summed E-state index contributed by atoms with van der Waals surface area (Å²) in [5, 5.41) is 0.704. The van der Waals surface area contributed by atoms with E-state index in [4.69, 9.17) is 24.7 Å². The maximum Gasteiger partial charge on any atom is 1.00 e. The van der Waals surface area contributed by atoms with E-state index in [1.165, 1.54) is 25.0 Å². The van der Waals surface area contributed by atoms with Crippen molar-refractivity contribution >= 4 is 61.0 Å². The molecule has 39 heavy (non-hydrogen) atoms. The molecule has 1 amide bonds. The van der Waals surface area contributed by atoms with Gasteiger partial charge in [0.25, 0.3) is 5.91 Å². The van der Waals surface area contributed by atoms with Gasteiger partial charge in [0, 0.05) is 29.0 Å². The predicted octanol–water partition coefficient (Wildman–Crippen LogP) is 0.00400. The number of hydrogen-bond donors (Lipinski definition) is 2. The number of fused-ring (bicyclic) bond motifs is 2. The molecule has 5 rings (SSSR count). The van der Waals surface area contributed by atoms with E-state index in [1.807, 2.05) is 16.7 Å². The number of carbonyl (C=O) groups is 1. The number of aryl methyl sites for hydroxylation is 1. The number of ether oxygens (including phenoxy) is 2. The van der Waals surface area contributed by atoms with Crippen molar-refractivity contribution in [2.24, 2.45) is 5.92 Å². The number of rotatable bonds is 8. The molecule has 0 spiro atoms. The van der Waals surface area contributed by atoms with Crippen LogP contribution in [0.2, 0.25) is 0 Å². The second kappa shape index (κ2) is 12.5. The maximum atomic E-state index is 12.5. The fourth-order valence-corrected chi connectivity index (χ4v) is 6.48. The van der Waals surface area contributed by atoms with E-state index < -0.39 is 22.4 Å². The third-order valence-corrected chi connectivity index (χ3v) is 8.96. The summed E-state index contributed by atoms with van der Waals surface area (Å²) in [5.41, 5.74) is 7.27. The standard InChI is InChI=1S/C22H25BrN6O7S2.Na.H/c1-12(36-38(31,32)33)21(30)28-5-2-13(3-6-28)4-7-29-20-18(19(24)25-10-26-20)27-22(29)37-17-9-16-15(8-14(17)23)34-11-35-16;;/h8-10,12-13H,2-7,11H2,1H3,(H2,24,25,26)(H,31,32,33);;/q;+1;-1/t12-;;/m0../s1. The summed E-state index contributed by atoms with van der Waals surface area (Å²) in [6.45, 7) is 3.04. The molecule has 2 aliphatic rings. The van der Waals surface area contributed by atoms with Crippen molar-refractivity contribution in [3.8, 4) is 11.5 Å². The molecule has 1 fully saturated rings. The van der Waals surface area contributed by atoms with Gasteiger partial charge in [-0.25, -0.2) is 19.1 Å². The van der Waals surface area contributed by atoms with Crippen LogP contribution in [0.3, 0.4) is 0 Å². The average Bonchev–Trinajstić information content (AvgIpc) is 3.46. The summed E-state index contributed by atoms with van der Waals surface area (Å²) in [4.78, 5) is 28.2. The van der Waals surface area contributed by atoms with Gasteiger partial charge < -0.3 is 26.1 Å². The Labute approximate surface area is 261 Å². The van der Waals surface area contributed by atoms with Gasteiger partial charge in [0.05, 0.1) is 0 Å². The quantitative estimate of drug-likeness (QED) is 0.247. The Balaban J connectivity index is 0.00000220. The molecule has 3 aromatic rings. The molecule has 206 valence electrons. The van der Waals surface area contributed by atoms with Gasteiger partial charge in [-0.15, -0.1) is 0 Å². The van der Waals surface area contributed by atoms with Crippen molar-refractivity contribution in [2.75, 3.05) is 25.6 Å². The molecule has 1 saturated heterocycles. The minimum absolute atomic E-state index is 0. The Hall–Kier alpha value is -1.66. The number of halogens is 1. The molecule has 1 aromatic carbocycles. The summed E-state index contributed by atoms with van der Waals surface area (Å²) in [6.07, 6.45) is 2.43. The third kappa shape index (κ3) is 6.98. The summed E-state index contributed by atoms with van der Waals surface area (Å²) in [6, 6.07) is 3.76. The molecule has 1 atom stereocenters. The fourth-order valence-electron chi connectivity index (χ4n) is 4.52. The van der Waals surface area contributed by atoms with Gasteiger partial charge in [-0.3, -0.25) is 9.35 Å². The SMILES string of the molecule is C[C@H](OS(=O)(=O)O)C(=O)N1CCC(CCn2c(Sc3cc4c(cc3Br)OCO4)nc3c(N)ncnc32)CC1.[H-].[Na+]. The number of aromatic nitrogens is 4. The topological polar surface area (TPSA) is 172 Å². The second-order valence-electron chi connectivity index (χ2n) is 8.94. The van der Waals surface area contributed by atoms with Gasteiger partial charge in [-0.05, 0) is 60.2 Å². The summed E-state index contributed by atoms with van der Waals surface area (Å²) in [7, 11) is -4.70. The molecule has 3 N–H and O–H groups in total. The molecular weight excluding hydrogens is 627 g/mol. The molecule has 0 unspecified atom stereocenters. The van der Waals surface area contributed by atoms with Crippen LogP contribution in [0.25, 0.3) is 11.2 Å². The van der Waals surface area contributed by atoms with Crippen molar-refractivity contribution < 1.29 is 62.4 Å². The van der Waals surface area contributed by atoms with Crippen LogP contribution in [0.4, 0.5) is 5.82 Å². The van der Waals surface area contributed by atoms with Gasteiger partial charge >= 0.3 is 40.0 Å². The van der Waals surface area contributed by atoms with E-state index >= 15 is 0 Å². The maximum absolute atomic E-state index is 12.5. The summed E-state index contributed by atoms with van der Waals surface area (Å²) < 4.78 is 48.9. The number of nitrogens with zero attached hydrogens (tertiary/aromatic N) is 5. The van der Waals surface area contributed by atoms with Crippen LogP contribution in [0, 0.1) is 5.92 Å². The van der Waals surface area contributed by atoms with E-state index in [-0.39, 0.29) is 37.8 Å². The molecule has 0 bridgehead atoms. The van der Waals surface area contributed by atoms with Crippen LogP contribution in [0.1, 0.15) is 27.6 Å². The van der Waals surface area contributed by atoms with E-state index in [2.05, 4.69) is 30.1 Å². The molecule has 0 radical (unpaired) electrons. The van der Waals surface area contributed by atoms with Gasteiger partial charge in [-0.2, -0.15) is 8.42 Å². The number of anilines is 1. The molecule has 4 heterocycles. The normalized spacial score (nSPS) is 16.3. The first-order valence-electron chi connectivity index (χ1n) is 11.8. The monoisotopic (exact) mass is 652 g/mol. The average molecular weight is 654 g/mol. The van der Waals surface area contributed by atoms with Crippen molar-refractivity contribution in [3.63, 3.8) is 0 Å². The number of imidazole rings is 1. The van der Waals surface area contributed by atoms with Crippen molar-refractivity contribution in [1.29, 1.82) is 0 Å². The minimum Gasteiger partial charge on any atom is -1.00 e. The predicted molar refractivity (Wildman–Crippen MR) is 141 cm³/mol. The first-order valence-corrected chi connectivity index (χ1v) is 14.7. The summed E-state index contributed by atoms with van der Waals surface area (Å²) >= 11 is 5.05. The largest absolute Gasteiger partial charge is 1.00 e. The number of amides is 1. The molecule has 17 heteroatoms. The Bertz CT molecular complexity index is 1490. The van der Waals surface area contributed by atoms with Crippen LogP contribution >= 0.6 is 27.7 Å². The molecular formula is C22H26BrN6NaO7S2. The van der Waals surface area contributed by atoms with Crippen LogP contribution in [-0.4, -0.2) is 69.3 Å². The number of hydrogen-bond acceptors (Lipinski definition) is 11. The zero-order valence-electron chi connectivity index (χ0n) is 22.2. The first-order chi connectivity index (χ1) is 18.1. The number of benzene rings is 1. The number of piperidine rings is 1. The van der Waals surface area contributed by atoms with Gasteiger partial charge in [0.2, 0.25) is 6.79 Å². The van der Waals surface area contributed by atoms with Crippen LogP contribution in [0.5, 0.6) is 11.5 Å². The Morgan fingerprint density at radius 1 is 1.31 bits per heavy atom. The Morgan fingerprint density at radius 2 is 2.00 bits per heavy atom. The Kier molecular flexibility index (Phi) is 9.69. The minimum atomic E-state index is -4.70. The third-order valence-electron chi connectivity index (χ3n) is 6.45. The number of nitrogen functional groups attached to an aromatic ring is 1. The second-order valence-corrected chi connectivity index (χ2v) is 11.8. The zero-order valence-corrected chi connectivity index (χ0v) is 26.5. The van der Waals surface area contributed by atoms with Crippen molar-refractivity contribution in [2.45, 2.75) is 48.9 Å². The molecule has 2 aromatic heterocycles. The number of likely N-dealkylation sites (tertiary alicyclic amines) is 1. The van der Waals surface area contributed by atoms with Gasteiger partial charge in [0.15, 0.2) is 39.7 Å². The molecule has 0 saturated carbocycles. The van der Waals surface area contributed by atoms with E-state index in [0.29, 0.717) is 59.2 Å². The zero-order chi connectivity index (χ0) is 27.0. The molecule has 13 nitrogen and oxygen atoms in total. The summed E-state index contributed by atoms with van der Waals surface area (Å²) in [5.74, 6) is 1.49. The smallest absolute Gasteiger partial charge is 1.00 e. The van der Waals surface area contributed by atoms with E-state index in [1.54, 1.807) is 4.90 Å². The van der Waals surface area contributed by atoms with E-state index in [0.717, 1.165) is 28.6 Å². The van der Waals surface area contributed by atoms with Crippen molar-refractivity contribution in [1.82, 2.24) is 24.4 Å². The van der Waals surface area contributed by atoms with Crippen LogP contribution in [-0.2, 0) is 25.9 Å². The van der Waals surface area contributed by atoms with Gasteiger partial charge in [0.1, 0.15) is 6.33 Å². The van der Waals surface area contributed by atoms with Gasteiger partial charge in [-0.1, -0.05) is 11.8 Å². The Morgan fingerprint density at radius 3 is 2.69 bits per heavy atom. The number of nitrogens with two attached hydrogens (primary N) is 1. The van der Waals surface area contributed by atoms with Crippen LogP contribution < -0.4 is 44.8 Å². The van der Waals surface area contributed by atoms with Crippen LogP contribution in [0.15, 0.2) is 33.0 Å². The van der Waals surface area contributed by atoms with Crippen molar-refractivity contribution in [3.05, 3.63) is 22.9 Å². The van der Waals surface area contributed by atoms with E-state index in [9.17, 15) is 13.2 Å². The fraction of sp³-hybridized carbons (Fsp3) is 0.455. The molecule has 0 aliphatic carbocycles.